The molecule has 1 N–H and O–H groups in total. The molecule has 2 amide bonds. The summed E-state index contributed by atoms with van der Waals surface area (Å²) in [5, 5.41) is 11.0. The Kier molecular flexibility index (Phi) is 4.98. The summed E-state index contributed by atoms with van der Waals surface area (Å²) in [5.41, 5.74) is 0. The van der Waals surface area contributed by atoms with Crippen LogP contribution in [0.2, 0.25) is 0 Å². The topological polar surface area (TPSA) is 63.1 Å². The van der Waals surface area contributed by atoms with E-state index in [-0.39, 0.29) is 6.03 Å². The summed E-state index contributed by atoms with van der Waals surface area (Å²) in [6.45, 7) is 6.63. The van der Waals surface area contributed by atoms with E-state index in [0.29, 0.717) is 11.8 Å². The predicted molar refractivity (Wildman–Crippen MR) is 77.2 cm³/mol. The van der Waals surface area contributed by atoms with E-state index in [1.165, 1.54) is 0 Å². The molecule has 1 aromatic rings. The number of hydrogen-bond donors (Lipinski definition) is 1. The smallest absolute Gasteiger partial charge is 0.317 e. The first kappa shape index (κ1) is 14.8. The molecule has 0 saturated carbocycles. The summed E-state index contributed by atoms with van der Waals surface area (Å²) in [7, 11) is 1.96. The first-order valence-electron chi connectivity index (χ1n) is 7.42. The lowest BCUT2D eigenvalue weighted by molar-refractivity contribution is 0.163. The van der Waals surface area contributed by atoms with Gasteiger partial charge in [-0.15, -0.1) is 10.2 Å². The number of nitrogens with zero attached hydrogens (tertiary/aromatic N) is 4. The third-order valence-electron chi connectivity index (χ3n) is 3.74. The van der Waals surface area contributed by atoms with Crippen molar-refractivity contribution in [3.63, 3.8) is 0 Å². The van der Waals surface area contributed by atoms with E-state index >= 15 is 0 Å². The maximum atomic E-state index is 12.1. The number of urea groups is 1. The van der Waals surface area contributed by atoms with Gasteiger partial charge in [0.1, 0.15) is 12.2 Å². The van der Waals surface area contributed by atoms with Crippen molar-refractivity contribution in [2.45, 2.75) is 33.1 Å². The molecular weight excluding hydrogens is 254 g/mol. The Morgan fingerprint density at radius 1 is 1.55 bits per heavy atom. The zero-order valence-electron chi connectivity index (χ0n) is 12.7. The second kappa shape index (κ2) is 6.72. The number of carbonyl (C=O) groups is 1. The molecule has 6 nitrogen and oxygen atoms in total. The van der Waals surface area contributed by atoms with Crippen molar-refractivity contribution in [2.24, 2.45) is 18.9 Å². The number of carbonyl (C=O) groups excluding carboxylic acids is 1. The Morgan fingerprint density at radius 2 is 2.35 bits per heavy atom. The van der Waals surface area contributed by atoms with Crippen LogP contribution in [0.1, 0.15) is 32.5 Å². The zero-order valence-corrected chi connectivity index (χ0v) is 12.7. The van der Waals surface area contributed by atoms with E-state index in [1.54, 1.807) is 6.33 Å². The lowest BCUT2D eigenvalue weighted by Crippen LogP contribution is -2.46. The minimum absolute atomic E-state index is 0.0707. The first-order chi connectivity index (χ1) is 9.56. The van der Waals surface area contributed by atoms with Crippen LogP contribution in [0.15, 0.2) is 6.33 Å². The number of piperidine rings is 1. The van der Waals surface area contributed by atoms with Crippen molar-refractivity contribution in [3.05, 3.63) is 12.2 Å². The van der Waals surface area contributed by atoms with E-state index in [9.17, 15) is 4.79 Å². The lowest BCUT2D eigenvalue weighted by atomic mass is 9.94. The second-order valence-electron chi connectivity index (χ2n) is 6.10. The van der Waals surface area contributed by atoms with E-state index < -0.39 is 0 Å². The number of likely N-dealkylation sites (tertiary alicyclic amines) is 1. The Bertz CT molecular complexity index is 443. The highest BCUT2D eigenvalue weighted by atomic mass is 16.2. The van der Waals surface area contributed by atoms with E-state index in [0.717, 1.165) is 44.7 Å². The van der Waals surface area contributed by atoms with Crippen LogP contribution in [0.25, 0.3) is 0 Å². The summed E-state index contributed by atoms with van der Waals surface area (Å²) in [6, 6.07) is 0.0707. The molecule has 1 fully saturated rings. The lowest BCUT2D eigenvalue weighted by Gasteiger charge is -2.32. The normalized spacial score (nSPS) is 19.4. The molecule has 0 spiro atoms. The summed E-state index contributed by atoms with van der Waals surface area (Å²) in [5.74, 6) is 1.97. The van der Waals surface area contributed by atoms with Crippen LogP contribution in [-0.2, 0) is 13.5 Å². The van der Waals surface area contributed by atoms with Crippen molar-refractivity contribution < 1.29 is 4.79 Å². The van der Waals surface area contributed by atoms with Gasteiger partial charge in [-0.05, 0) is 24.7 Å². The fourth-order valence-electron chi connectivity index (χ4n) is 2.57. The molecule has 6 heteroatoms. The van der Waals surface area contributed by atoms with Gasteiger partial charge in [0.2, 0.25) is 0 Å². The molecule has 1 aromatic heterocycles. The molecule has 20 heavy (non-hydrogen) atoms. The average Bonchev–Trinajstić information content (AvgIpc) is 2.82. The Morgan fingerprint density at radius 3 is 3.00 bits per heavy atom. The monoisotopic (exact) mass is 279 g/mol. The molecule has 1 aliphatic heterocycles. The van der Waals surface area contributed by atoms with E-state index in [2.05, 4.69) is 29.4 Å². The van der Waals surface area contributed by atoms with Crippen molar-refractivity contribution >= 4 is 6.03 Å². The Labute approximate surface area is 120 Å². The number of rotatable bonds is 4. The van der Waals surface area contributed by atoms with Gasteiger partial charge >= 0.3 is 6.03 Å². The van der Waals surface area contributed by atoms with Gasteiger partial charge < -0.3 is 14.8 Å². The maximum Gasteiger partial charge on any atom is 0.317 e. The van der Waals surface area contributed by atoms with Crippen LogP contribution in [0.5, 0.6) is 0 Å². The number of aryl methyl sites for hydroxylation is 1. The highest BCUT2D eigenvalue weighted by Crippen LogP contribution is 2.19. The molecule has 0 aliphatic carbocycles. The molecule has 0 aromatic carbocycles. The summed E-state index contributed by atoms with van der Waals surface area (Å²) in [4.78, 5) is 14.0. The molecule has 1 unspecified atom stereocenters. The SMILES string of the molecule is CC(C)CNC(=O)N1CCCC(Cc2nncn2C)C1. The quantitative estimate of drug-likeness (QED) is 0.907. The molecule has 1 atom stereocenters. The molecule has 2 heterocycles. The summed E-state index contributed by atoms with van der Waals surface area (Å²) < 4.78 is 1.96. The minimum Gasteiger partial charge on any atom is -0.338 e. The van der Waals surface area contributed by atoms with Crippen molar-refractivity contribution in [1.29, 1.82) is 0 Å². The minimum atomic E-state index is 0.0707. The van der Waals surface area contributed by atoms with Crippen molar-refractivity contribution in [2.75, 3.05) is 19.6 Å². The summed E-state index contributed by atoms with van der Waals surface area (Å²) >= 11 is 0. The fourth-order valence-corrected chi connectivity index (χ4v) is 2.57. The van der Waals surface area contributed by atoms with Gasteiger partial charge in [-0.3, -0.25) is 0 Å². The highest BCUT2D eigenvalue weighted by Gasteiger charge is 2.24. The third kappa shape index (κ3) is 3.95. The molecule has 1 saturated heterocycles. The van der Waals surface area contributed by atoms with Crippen LogP contribution in [0.4, 0.5) is 4.79 Å². The molecule has 1 aliphatic rings. The maximum absolute atomic E-state index is 12.1. The third-order valence-corrected chi connectivity index (χ3v) is 3.74. The predicted octanol–water partition coefficient (Wildman–Crippen LogP) is 1.44. The van der Waals surface area contributed by atoms with Gasteiger partial charge in [-0.2, -0.15) is 0 Å². The van der Waals surface area contributed by atoms with E-state index in [4.69, 9.17) is 0 Å². The summed E-state index contributed by atoms with van der Waals surface area (Å²) in [6.07, 6.45) is 4.84. The Hall–Kier alpha value is -1.59. The van der Waals surface area contributed by atoms with Crippen LogP contribution < -0.4 is 5.32 Å². The zero-order chi connectivity index (χ0) is 14.5. The Balaban J connectivity index is 1.85. The molecule has 112 valence electrons. The highest BCUT2D eigenvalue weighted by molar-refractivity contribution is 5.74. The van der Waals surface area contributed by atoms with Crippen LogP contribution in [-0.4, -0.2) is 45.3 Å². The number of nitrogens with one attached hydrogen (secondary N) is 1. The number of hydrogen-bond acceptors (Lipinski definition) is 3. The van der Waals surface area contributed by atoms with Crippen LogP contribution in [0, 0.1) is 11.8 Å². The van der Waals surface area contributed by atoms with Gasteiger partial charge in [0.15, 0.2) is 0 Å². The van der Waals surface area contributed by atoms with Gasteiger partial charge in [0.25, 0.3) is 0 Å². The first-order valence-corrected chi connectivity index (χ1v) is 7.42. The average molecular weight is 279 g/mol. The van der Waals surface area contributed by atoms with E-state index in [1.807, 2.05) is 16.5 Å². The molecular formula is C14H25N5O. The van der Waals surface area contributed by atoms with Crippen molar-refractivity contribution in [3.8, 4) is 0 Å². The number of aromatic nitrogens is 3. The molecule has 0 radical (unpaired) electrons. The second-order valence-corrected chi connectivity index (χ2v) is 6.10. The van der Waals surface area contributed by atoms with Gasteiger partial charge in [0.05, 0.1) is 0 Å². The van der Waals surface area contributed by atoms with Crippen LogP contribution in [0.3, 0.4) is 0 Å². The van der Waals surface area contributed by atoms with Crippen LogP contribution >= 0.6 is 0 Å². The van der Waals surface area contributed by atoms with Gasteiger partial charge in [-0.25, -0.2) is 4.79 Å². The largest absolute Gasteiger partial charge is 0.338 e. The van der Waals surface area contributed by atoms with Crippen molar-refractivity contribution in [1.82, 2.24) is 25.0 Å². The molecule has 0 bridgehead atoms. The fraction of sp³-hybridized carbons (Fsp3) is 0.786. The van der Waals surface area contributed by atoms with Gasteiger partial charge in [0, 0.05) is 33.1 Å². The standard InChI is InChI=1S/C14H25N5O/c1-11(2)8-15-14(20)19-6-4-5-12(9-19)7-13-17-16-10-18(13)3/h10-12H,4-9H2,1-3H3,(H,15,20). The molecule has 2 rings (SSSR count). The van der Waals surface area contributed by atoms with Gasteiger partial charge in [-0.1, -0.05) is 13.8 Å². The number of amides is 2.